The molecule has 8 heteroatoms. The van der Waals surface area contributed by atoms with Gasteiger partial charge in [0, 0.05) is 7.05 Å². The Hall–Kier alpha value is -1.28. The van der Waals surface area contributed by atoms with Crippen molar-refractivity contribution in [1.29, 1.82) is 0 Å². The van der Waals surface area contributed by atoms with Gasteiger partial charge in [0.1, 0.15) is 0 Å². The van der Waals surface area contributed by atoms with Gasteiger partial charge in [0.15, 0.2) is 0 Å². The predicted octanol–water partition coefficient (Wildman–Crippen LogP) is 1.95. The van der Waals surface area contributed by atoms with Gasteiger partial charge < -0.3 is 4.90 Å². The molecule has 0 saturated carbocycles. The van der Waals surface area contributed by atoms with Gasteiger partial charge in [-0.3, -0.25) is 4.55 Å². The van der Waals surface area contributed by atoms with Crippen molar-refractivity contribution in [3.8, 4) is 0 Å². The van der Waals surface area contributed by atoms with Crippen molar-refractivity contribution >= 4 is 10.1 Å². The second-order valence-electron chi connectivity index (χ2n) is 3.04. The van der Waals surface area contributed by atoms with Gasteiger partial charge in [0.25, 0.3) is 0 Å². The van der Waals surface area contributed by atoms with E-state index in [0.29, 0.717) is 6.04 Å². The highest BCUT2D eigenvalue weighted by Gasteiger charge is 2.44. The Balaban J connectivity index is 0.000000304. The molecule has 1 rings (SSSR count). The van der Waals surface area contributed by atoms with E-state index in [1.165, 1.54) is 0 Å². The Bertz CT molecular complexity index is 412. The van der Waals surface area contributed by atoms with E-state index in [4.69, 9.17) is 13.0 Å². The molecule has 1 heterocycles. The molecule has 0 aromatic rings. The van der Waals surface area contributed by atoms with Gasteiger partial charge in [-0.2, -0.15) is 21.6 Å². The van der Waals surface area contributed by atoms with Crippen LogP contribution in [0.25, 0.3) is 0 Å². The molecule has 1 aliphatic rings. The van der Waals surface area contributed by atoms with E-state index in [1.54, 1.807) is 0 Å². The average molecular weight is 271 g/mol. The number of allylic oxidation sites excluding steroid dienone is 2. The van der Waals surface area contributed by atoms with Crippen molar-refractivity contribution in [3.05, 3.63) is 37.1 Å². The van der Waals surface area contributed by atoms with Crippen LogP contribution in [0.1, 0.15) is 0 Å². The Morgan fingerprint density at radius 3 is 2.12 bits per heavy atom. The van der Waals surface area contributed by atoms with E-state index in [1.807, 2.05) is 31.5 Å². The molecule has 0 saturated heterocycles. The Labute approximate surface area is 97.5 Å². The largest absolute Gasteiger partial charge is 0.522 e. The van der Waals surface area contributed by atoms with Crippen molar-refractivity contribution in [2.24, 2.45) is 0 Å². The minimum absolute atomic E-state index is 0.384. The molecule has 0 aliphatic carbocycles. The molecule has 4 nitrogen and oxygen atoms in total. The normalized spacial score (nSPS) is 19.6. The van der Waals surface area contributed by atoms with Gasteiger partial charge in [0.05, 0.1) is 6.04 Å². The smallest absolute Gasteiger partial charge is 0.371 e. The van der Waals surface area contributed by atoms with E-state index in [9.17, 15) is 13.2 Å². The van der Waals surface area contributed by atoms with Crippen LogP contribution >= 0.6 is 0 Å². The third kappa shape index (κ3) is 5.55. The molecule has 1 aliphatic heterocycles. The van der Waals surface area contributed by atoms with Crippen LogP contribution in [0.5, 0.6) is 0 Å². The molecule has 0 fully saturated rings. The average Bonchev–Trinajstić information content (AvgIpc) is 2.16. The summed E-state index contributed by atoms with van der Waals surface area (Å²) in [5, 5.41) is 0. The number of alkyl halides is 3. The summed E-state index contributed by atoms with van der Waals surface area (Å²) in [5.41, 5.74) is -5.53. The summed E-state index contributed by atoms with van der Waals surface area (Å²) in [5.74, 6) is 0. The number of likely N-dealkylation sites (N-methyl/N-ethyl adjacent to an activating group) is 1. The van der Waals surface area contributed by atoms with Crippen molar-refractivity contribution in [1.82, 2.24) is 4.90 Å². The van der Waals surface area contributed by atoms with E-state index in [2.05, 4.69) is 17.6 Å². The van der Waals surface area contributed by atoms with E-state index >= 15 is 0 Å². The van der Waals surface area contributed by atoms with Gasteiger partial charge in [-0.05, 0) is 12.3 Å². The van der Waals surface area contributed by atoms with E-state index in [0.717, 1.165) is 0 Å². The zero-order valence-electron chi connectivity index (χ0n) is 8.92. The zero-order chi connectivity index (χ0) is 13.7. The van der Waals surface area contributed by atoms with Crippen LogP contribution in [0, 0.1) is 0 Å². The quantitative estimate of drug-likeness (QED) is 0.450. The lowest BCUT2D eigenvalue weighted by Crippen LogP contribution is -2.23. The topological polar surface area (TPSA) is 57.6 Å². The maximum absolute atomic E-state index is 10.7. The first-order valence-electron chi connectivity index (χ1n) is 4.33. The lowest BCUT2D eigenvalue weighted by atomic mass is 10.2. The van der Waals surface area contributed by atoms with Crippen molar-refractivity contribution in [2.75, 3.05) is 7.05 Å². The lowest BCUT2D eigenvalue weighted by molar-refractivity contribution is -0.0510. The van der Waals surface area contributed by atoms with Crippen LogP contribution < -0.4 is 0 Å². The van der Waals surface area contributed by atoms with Crippen molar-refractivity contribution in [2.45, 2.75) is 11.6 Å². The van der Waals surface area contributed by atoms with Crippen LogP contribution in [0.4, 0.5) is 13.2 Å². The van der Waals surface area contributed by atoms with Crippen molar-refractivity contribution < 1.29 is 26.1 Å². The molecule has 0 bridgehead atoms. The first-order chi connectivity index (χ1) is 7.59. The van der Waals surface area contributed by atoms with Gasteiger partial charge in [-0.15, -0.1) is 6.58 Å². The van der Waals surface area contributed by atoms with Crippen LogP contribution in [-0.2, 0) is 10.1 Å². The molecule has 0 amide bonds. The van der Waals surface area contributed by atoms with Crippen LogP contribution in [-0.4, -0.2) is 36.5 Å². The molecule has 1 unspecified atom stereocenters. The summed E-state index contributed by atoms with van der Waals surface area (Å²) in [6.45, 7) is 3.71. The molecule has 1 atom stereocenters. The summed E-state index contributed by atoms with van der Waals surface area (Å²) in [4.78, 5) is 2.10. The molecule has 0 radical (unpaired) electrons. The Morgan fingerprint density at radius 2 is 1.88 bits per heavy atom. The number of nitrogens with zero attached hydrogens (tertiary/aromatic N) is 1. The minimum Gasteiger partial charge on any atom is -0.371 e. The molecule has 1 N–H and O–H groups in total. The number of hydrogen-bond donors (Lipinski definition) is 1. The third-order valence-electron chi connectivity index (χ3n) is 1.74. The second-order valence-corrected chi connectivity index (χ2v) is 4.45. The molecule has 17 heavy (non-hydrogen) atoms. The number of rotatable bonds is 1. The summed E-state index contributed by atoms with van der Waals surface area (Å²) in [6.07, 6.45) is 10.1. The molecule has 0 spiro atoms. The number of hydrogen-bond acceptors (Lipinski definition) is 3. The lowest BCUT2D eigenvalue weighted by Gasteiger charge is -2.22. The Morgan fingerprint density at radius 1 is 1.41 bits per heavy atom. The molecular formula is C9H12F3NO3S. The third-order valence-corrected chi connectivity index (χ3v) is 2.33. The van der Waals surface area contributed by atoms with Crippen LogP contribution in [0.3, 0.4) is 0 Å². The molecule has 0 aromatic heterocycles. The highest BCUT2D eigenvalue weighted by atomic mass is 32.2. The standard InChI is InChI=1S/C8H11N.CHF3O3S/c1-3-8-6-4-5-7-9(8)2;2-1(3,4)8(5,6)7/h3-8H,1H2,2H3;(H,5,6,7). The van der Waals surface area contributed by atoms with Crippen LogP contribution in [0.2, 0.25) is 0 Å². The monoisotopic (exact) mass is 271 g/mol. The summed E-state index contributed by atoms with van der Waals surface area (Å²) in [6, 6.07) is 0.384. The van der Waals surface area contributed by atoms with Crippen molar-refractivity contribution in [3.63, 3.8) is 0 Å². The molecule has 0 aromatic carbocycles. The SMILES string of the molecule is C=CC1C=CC=CN1C.O=S(=O)(O)C(F)(F)F. The predicted molar refractivity (Wildman–Crippen MR) is 57.6 cm³/mol. The highest BCUT2D eigenvalue weighted by Crippen LogP contribution is 2.20. The molecule has 98 valence electrons. The highest BCUT2D eigenvalue weighted by molar-refractivity contribution is 7.86. The minimum atomic E-state index is -5.84. The second kappa shape index (κ2) is 5.87. The van der Waals surface area contributed by atoms with Gasteiger partial charge in [0.2, 0.25) is 0 Å². The Kier molecular flexibility index (Phi) is 5.43. The van der Waals surface area contributed by atoms with E-state index in [-0.39, 0.29) is 0 Å². The first-order valence-corrected chi connectivity index (χ1v) is 5.77. The number of halogens is 3. The van der Waals surface area contributed by atoms with Crippen LogP contribution in [0.15, 0.2) is 37.1 Å². The fraction of sp³-hybridized carbons (Fsp3) is 0.333. The summed E-state index contributed by atoms with van der Waals surface area (Å²) in [7, 11) is -3.81. The first kappa shape index (κ1) is 15.7. The molecular weight excluding hydrogens is 259 g/mol. The summed E-state index contributed by atoms with van der Waals surface area (Å²) >= 11 is 0. The maximum Gasteiger partial charge on any atom is 0.522 e. The summed E-state index contributed by atoms with van der Waals surface area (Å²) < 4.78 is 57.5. The van der Waals surface area contributed by atoms with Gasteiger partial charge in [-0.25, -0.2) is 0 Å². The van der Waals surface area contributed by atoms with E-state index < -0.39 is 15.6 Å². The van der Waals surface area contributed by atoms with Gasteiger partial charge in [-0.1, -0.05) is 18.2 Å². The maximum atomic E-state index is 10.7. The fourth-order valence-electron chi connectivity index (χ4n) is 0.843. The fourth-order valence-corrected chi connectivity index (χ4v) is 0.843. The van der Waals surface area contributed by atoms with Gasteiger partial charge >= 0.3 is 15.6 Å². The zero-order valence-corrected chi connectivity index (χ0v) is 9.74.